The van der Waals surface area contributed by atoms with Crippen LogP contribution in [-0.2, 0) is 47.7 Å². The van der Waals surface area contributed by atoms with Crippen LogP contribution < -0.4 is 0 Å². The van der Waals surface area contributed by atoms with Crippen molar-refractivity contribution < 1.29 is 63.0 Å². The van der Waals surface area contributed by atoms with Crippen molar-refractivity contribution in [3.63, 3.8) is 0 Å². The molecule has 3 aliphatic rings. The maximum Gasteiger partial charge on any atom is 0.332 e. The molecule has 2 saturated heterocycles. The van der Waals surface area contributed by atoms with Gasteiger partial charge < -0.3 is 39.2 Å². The van der Waals surface area contributed by atoms with Gasteiger partial charge in [0.15, 0.2) is 0 Å². The number of nitrogens with zero attached hydrogens (tertiary/aromatic N) is 1. The van der Waals surface area contributed by atoms with Gasteiger partial charge in [-0.25, -0.2) is 9.59 Å². The monoisotopic (exact) mass is 914 g/mol. The minimum atomic E-state index is -2.29. The van der Waals surface area contributed by atoms with Gasteiger partial charge in [0.05, 0.1) is 18.8 Å². The number of Topliss-reactive ketones (excluding diaryl/α,β-unsaturated/α-hetero) is 3. The smallest absolute Gasteiger partial charge is 0.332 e. The first-order valence-corrected chi connectivity index (χ1v) is 23.9. The molecule has 2 heterocycles. The summed E-state index contributed by atoms with van der Waals surface area (Å²) in [6.07, 6.45) is 14.7. The van der Waals surface area contributed by atoms with Gasteiger partial charge in [-0.15, -0.1) is 0 Å². The standard InChI is InChI=1S/C51H79NO13/c1-10-32(2)17-12-11-13-18-33(3)25-34(4)41(54)29-42(55)35(5)26-36(6)43(56)30-45(37(7)27-39-21-22-44(46(28-39)62-9)64-47(57)31-53)65-50(60)40-20-14-15-23-52(40)49(59)48(58)51(61)38(8)19-16-24-63-51/h11-13,17-18,26,33-34,36-40,42,44-46,53,55,61H,10,14-16,19-25,27-31H2,1-9H3/b12-11+,18-13+,32-17+,35-26+/t33-,34-,36-,37-,38-,39+,40+,42+,44?,45?,46-,51-/m1/s1. The fourth-order valence-corrected chi connectivity index (χ4v) is 9.16. The average Bonchev–Trinajstić information content (AvgIpc) is 3.28. The summed E-state index contributed by atoms with van der Waals surface area (Å²) in [6, 6.07) is -1.12. The molecular formula is C51H79NO13. The fourth-order valence-electron chi connectivity index (χ4n) is 9.16. The number of ketones is 3. The van der Waals surface area contributed by atoms with Crippen LogP contribution in [0.2, 0.25) is 0 Å². The molecule has 3 rings (SSSR count). The lowest BCUT2D eigenvalue weighted by Crippen LogP contribution is -2.59. The number of allylic oxidation sites excluding steroid dienone is 7. The van der Waals surface area contributed by atoms with E-state index in [1.54, 1.807) is 26.8 Å². The number of likely N-dealkylation sites (tertiary alicyclic amines) is 1. The van der Waals surface area contributed by atoms with Gasteiger partial charge in [-0.1, -0.05) is 83.6 Å². The summed E-state index contributed by atoms with van der Waals surface area (Å²) in [5.41, 5.74) is 1.76. The first-order valence-electron chi connectivity index (χ1n) is 23.9. The Balaban J connectivity index is 1.76. The zero-order valence-electron chi connectivity index (χ0n) is 40.5. The number of carbonyl (C=O) groups is 6. The fraction of sp³-hybridized carbons (Fsp3) is 0.725. The van der Waals surface area contributed by atoms with Crippen LogP contribution >= 0.6 is 0 Å². The Bertz CT molecular complexity index is 1730. The summed E-state index contributed by atoms with van der Waals surface area (Å²) < 4.78 is 22.7. The van der Waals surface area contributed by atoms with Crippen molar-refractivity contribution in [1.29, 1.82) is 0 Å². The average molecular weight is 914 g/mol. The minimum absolute atomic E-state index is 0.0433. The number of amides is 1. The van der Waals surface area contributed by atoms with Crippen molar-refractivity contribution in [2.75, 3.05) is 26.9 Å². The van der Waals surface area contributed by atoms with Gasteiger partial charge in [0, 0.05) is 44.2 Å². The molecule has 0 aromatic carbocycles. The van der Waals surface area contributed by atoms with Crippen molar-refractivity contribution >= 4 is 35.2 Å². The lowest BCUT2D eigenvalue weighted by atomic mass is 9.78. The molecule has 0 aromatic heterocycles. The maximum absolute atomic E-state index is 14.2. The summed E-state index contributed by atoms with van der Waals surface area (Å²) in [4.78, 5) is 81.7. The molecule has 0 aromatic rings. The van der Waals surface area contributed by atoms with Gasteiger partial charge in [0.2, 0.25) is 5.79 Å². The molecule has 12 atom stereocenters. The van der Waals surface area contributed by atoms with Gasteiger partial charge in [0.1, 0.15) is 36.4 Å². The Morgan fingerprint density at radius 3 is 2.29 bits per heavy atom. The molecule has 0 spiro atoms. The van der Waals surface area contributed by atoms with E-state index in [1.165, 1.54) is 17.6 Å². The second-order valence-corrected chi connectivity index (χ2v) is 19.1. The largest absolute Gasteiger partial charge is 0.460 e. The molecule has 3 fully saturated rings. The number of aliphatic hydroxyl groups excluding tert-OH is 2. The summed E-state index contributed by atoms with van der Waals surface area (Å²) in [5.74, 6) is -8.05. The molecule has 2 aliphatic heterocycles. The SMILES string of the molecule is CC/C(C)=C/C=C/C=C/[C@@H](C)C[C@@H](C)C(=O)C[C@H](O)/C(C)=C/[C@@H](C)C(=O)CC(OC(=O)[C@@H]1CCCCN1C(=O)C(=O)[C@]1(O)OCCC[C@H]1C)[C@H](C)C[C@@H]1CCC(OC(=O)CO)[C@H](OC)C1. The third-order valence-corrected chi connectivity index (χ3v) is 13.7. The Kier molecular flexibility index (Phi) is 23.1. The number of esters is 2. The Labute approximate surface area is 387 Å². The molecule has 65 heavy (non-hydrogen) atoms. The van der Waals surface area contributed by atoms with Gasteiger partial charge >= 0.3 is 11.9 Å². The van der Waals surface area contributed by atoms with E-state index in [2.05, 4.69) is 26.0 Å². The van der Waals surface area contributed by atoms with E-state index in [1.807, 2.05) is 39.0 Å². The van der Waals surface area contributed by atoms with Gasteiger partial charge in [-0.05, 0) is 108 Å². The van der Waals surface area contributed by atoms with Crippen molar-refractivity contribution in [2.45, 2.75) is 175 Å². The second kappa shape index (κ2) is 27.1. The van der Waals surface area contributed by atoms with E-state index < -0.39 is 78.3 Å². The predicted octanol–water partition coefficient (Wildman–Crippen LogP) is 6.72. The van der Waals surface area contributed by atoms with Gasteiger partial charge in [0.25, 0.3) is 11.7 Å². The number of piperidine rings is 1. The summed E-state index contributed by atoms with van der Waals surface area (Å²) >= 11 is 0. The molecule has 0 bridgehead atoms. The van der Waals surface area contributed by atoms with E-state index in [-0.39, 0.29) is 67.7 Å². The van der Waals surface area contributed by atoms with Crippen molar-refractivity contribution in [1.82, 2.24) is 4.90 Å². The van der Waals surface area contributed by atoms with E-state index in [0.29, 0.717) is 63.4 Å². The van der Waals surface area contributed by atoms with E-state index >= 15 is 0 Å². The third-order valence-electron chi connectivity index (χ3n) is 13.7. The zero-order chi connectivity index (χ0) is 48.4. The molecule has 3 N–H and O–H groups in total. The van der Waals surface area contributed by atoms with Crippen molar-refractivity contribution in [2.24, 2.45) is 35.5 Å². The Hall–Kier alpha value is -3.82. The number of ether oxygens (including phenoxy) is 4. The number of carbonyl (C=O) groups excluding carboxylic acids is 6. The molecular weight excluding hydrogens is 835 g/mol. The van der Waals surface area contributed by atoms with Crippen LogP contribution in [0.25, 0.3) is 0 Å². The van der Waals surface area contributed by atoms with E-state index in [0.717, 1.165) is 6.42 Å². The number of rotatable bonds is 24. The first-order chi connectivity index (χ1) is 30.7. The molecule has 1 saturated carbocycles. The van der Waals surface area contributed by atoms with Crippen molar-refractivity contribution in [3.05, 3.63) is 47.6 Å². The zero-order valence-corrected chi connectivity index (χ0v) is 40.5. The maximum atomic E-state index is 14.2. The molecule has 14 nitrogen and oxygen atoms in total. The third kappa shape index (κ3) is 16.8. The lowest BCUT2D eigenvalue weighted by molar-refractivity contribution is -0.241. The van der Waals surface area contributed by atoms with Crippen molar-refractivity contribution in [3.8, 4) is 0 Å². The summed E-state index contributed by atoms with van der Waals surface area (Å²) in [7, 11) is 1.53. The number of hydrogen-bond acceptors (Lipinski definition) is 13. The summed E-state index contributed by atoms with van der Waals surface area (Å²) in [6.45, 7) is 14.5. The topological polar surface area (TPSA) is 203 Å². The highest BCUT2D eigenvalue weighted by Gasteiger charge is 2.51. The second-order valence-electron chi connectivity index (χ2n) is 19.1. The molecule has 0 radical (unpaired) electrons. The van der Waals surface area contributed by atoms with Crippen LogP contribution in [0, 0.1) is 35.5 Å². The number of aliphatic hydroxyl groups is 3. The van der Waals surface area contributed by atoms with E-state index in [9.17, 15) is 44.1 Å². The molecule has 1 amide bonds. The van der Waals surface area contributed by atoms with Crippen LogP contribution in [0.15, 0.2) is 47.6 Å². The quantitative estimate of drug-likeness (QED) is 0.0399. The predicted molar refractivity (Wildman–Crippen MR) is 246 cm³/mol. The highest BCUT2D eigenvalue weighted by atomic mass is 16.6. The van der Waals surface area contributed by atoms with Crippen LogP contribution in [0.1, 0.15) is 139 Å². The van der Waals surface area contributed by atoms with Gasteiger partial charge in [-0.2, -0.15) is 0 Å². The van der Waals surface area contributed by atoms with Crippen LogP contribution in [0.4, 0.5) is 0 Å². The number of hydrogen-bond donors (Lipinski definition) is 3. The van der Waals surface area contributed by atoms with Crippen LogP contribution in [0.3, 0.4) is 0 Å². The van der Waals surface area contributed by atoms with E-state index in [4.69, 9.17) is 18.9 Å². The lowest BCUT2D eigenvalue weighted by Gasteiger charge is -2.40. The molecule has 2 unspecified atom stereocenters. The first kappa shape index (κ1) is 55.5. The van der Waals surface area contributed by atoms with Crippen LogP contribution in [0.5, 0.6) is 0 Å². The normalized spacial score (nSPS) is 27.4. The molecule has 14 heteroatoms. The Morgan fingerprint density at radius 2 is 1.63 bits per heavy atom. The van der Waals surface area contributed by atoms with Crippen LogP contribution in [-0.4, -0.2) is 119 Å². The molecule has 1 aliphatic carbocycles. The minimum Gasteiger partial charge on any atom is -0.460 e. The Morgan fingerprint density at radius 1 is 0.908 bits per heavy atom. The highest BCUT2D eigenvalue weighted by molar-refractivity contribution is 6.39. The molecule has 366 valence electrons. The highest BCUT2D eigenvalue weighted by Crippen LogP contribution is 2.36. The number of methoxy groups -OCH3 is 1. The summed E-state index contributed by atoms with van der Waals surface area (Å²) in [5, 5.41) is 31.5. The van der Waals surface area contributed by atoms with Gasteiger partial charge in [-0.3, -0.25) is 19.2 Å².